The maximum Gasteiger partial charge on any atom is 0.416 e. The van der Waals surface area contributed by atoms with Gasteiger partial charge < -0.3 is 5.73 Å². The summed E-state index contributed by atoms with van der Waals surface area (Å²) in [4.78, 5) is 0. The summed E-state index contributed by atoms with van der Waals surface area (Å²) in [5.74, 6) is -0.890. The molecule has 0 heterocycles. The lowest BCUT2D eigenvalue weighted by molar-refractivity contribution is -0.139. The van der Waals surface area contributed by atoms with E-state index in [9.17, 15) is 17.6 Å². The van der Waals surface area contributed by atoms with Crippen LogP contribution in [0, 0.1) is 5.82 Å². The van der Waals surface area contributed by atoms with E-state index < -0.39 is 23.1 Å². The van der Waals surface area contributed by atoms with Crippen LogP contribution in [0.3, 0.4) is 0 Å². The summed E-state index contributed by atoms with van der Waals surface area (Å²) in [6.45, 7) is 0. The quantitative estimate of drug-likeness (QED) is 0.741. The average Bonchev–Trinajstić information content (AvgIpc) is 2.13. The third-order valence-electron chi connectivity index (χ3n) is 3.07. The highest BCUT2D eigenvalue weighted by atomic mass is 19.4. The van der Waals surface area contributed by atoms with Crippen LogP contribution in [0.2, 0.25) is 0 Å². The molecule has 2 N–H and O–H groups in total. The number of hydrogen-bond donors (Lipinski definition) is 1. The molecule has 1 fully saturated rings. The van der Waals surface area contributed by atoms with Crippen molar-refractivity contribution in [1.29, 1.82) is 0 Å². The summed E-state index contributed by atoms with van der Waals surface area (Å²) in [6.07, 6.45) is -2.71. The molecule has 1 aliphatic carbocycles. The number of hydrogen-bond acceptors (Lipinski definition) is 1. The molecule has 1 saturated carbocycles. The van der Waals surface area contributed by atoms with Gasteiger partial charge in [-0.25, -0.2) is 4.39 Å². The van der Waals surface area contributed by atoms with Crippen LogP contribution in [0.15, 0.2) is 18.2 Å². The molecule has 2 rings (SSSR count). The van der Waals surface area contributed by atoms with Crippen LogP contribution in [0.1, 0.15) is 30.4 Å². The molecule has 16 heavy (non-hydrogen) atoms. The van der Waals surface area contributed by atoms with Crippen LogP contribution >= 0.6 is 0 Å². The summed E-state index contributed by atoms with van der Waals surface area (Å²) in [5.41, 5.74) is 3.97. The standard InChI is InChI=1S/C11H11F4N/c12-7-2-3-8(10(16)4-1-5-10)9(6-7)11(13,14)15/h2-3,6H,1,4-5,16H2. The van der Waals surface area contributed by atoms with E-state index >= 15 is 0 Å². The Morgan fingerprint density at radius 3 is 2.25 bits per heavy atom. The SMILES string of the molecule is NC1(c2ccc(F)cc2C(F)(F)F)CCC1. The lowest BCUT2D eigenvalue weighted by Crippen LogP contribution is -2.44. The van der Waals surface area contributed by atoms with Crippen LogP contribution in [-0.2, 0) is 11.7 Å². The molecule has 0 radical (unpaired) electrons. The molecule has 1 aromatic carbocycles. The molecular formula is C11H11F4N. The maximum atomic E-state index is 12.8. The Hall–Kier alpha value is -1.10. The van der Waals surface area contributed by atoms with Crippen molar-refractivity contribution in [2.75, 3.05) is 0 Å². The Morgan fingerprint density at radius 1 is 1.19 bits per heavy atom. The van der Waals surface area contributed by atoms with Gasteiger partial charge in [-0.05, 0) is 37.0 Å². The van der Waals surface area contributed by atoms with Gasteiger partial charge in [0.15, 0.2) is 0 Å². The second-order valence-corrected chi connectivity index (χ2v) is 4.20. The van der Waals surface area contributed by atoms with E-state index in [0.717, 1.165) is 18.6 Å². The minimum Gasteiger partial charge on any atom is -0.321 e. The molecule has 88 valence electrons. The Bertz CT molecular complexity index is 407. The monoisotopic (exact) mass is 233 g/mol. The van der Waals surface area contributed by atoms with Crippen molar-refractivity contribution in [3.63, 3.8) is 0 Å². The number of nitrogens with two attached hydrogens (primary N) is 1. The van der Waals surface area contributed by atoms with Crippen LogP contribution in [0.4, 0.5) is 17.6 Å². The number of rotatable bonds is 1. The minimum atomic E-state index is -4.56. The lowest BCUT2D eigenvalue weighted by Gasteiger charge is -2.40. The van der Waals surface area contributed by atoms with Crippen molar-refractivity contribution in [2.24, 2.45) is 5.73 Å². The van der Waals surface area contributed by atoms with E-state index in [1.807, 2.05) is 0 Å². The smallest absolute Gasteiger partial charge is 0.321 e. The van der Waals surface area contributed by atoms with Gasteiger partial charge in [-0.1, -0.05) is 6.07 Å². The van der Waals surface area contributed by atoms with Gasteiger partial charge in [0.25, 0.3) is 0 Å². The molecular weight excluding hydrogens is 222 g/mol. The van der Waals surface area contributed by atoms with Crippen LogP contribution in [0.25, 0.3) is 0 Å². The van der Waals surface area contributed by atoms with Gasteiger partial charge in [0.1, 0.15) is 5.82 Å². The molecule has 0 spiro atoms. The first-order valence-electron chi connectivity index (χ1n) is 4.99. The largest absolute Gasteiger partial charge is 0.416 e. The van der Waals surface area contributed by atoms with Crippen molar-refractivity contribution in [3.8, 4) is 0 Å². The number of halogens is 4. The van der Waals surface area contributed by atoms with Crippen LogP contribution in [-0.4, -0.2) is 0 Å². The fourth-order valence-electron chi connectivity index (χ4n) is 2.01. The summed E-state index contributed by atoms with van der Waals surface area (Å²) >= 11 is 0. The molecule has 1 aliphatic rings. The van der Waals surface area contributed by atoms with E-state index in [-0.39, 0.29) is 5.56 Å². The van der Waals surface area contributed by atoms with Crippen molar-refractivity contribution in [3.05, 3.63) is 35.1 Å². The zero-order valence-electron chi connectivity index (χ0n) is 8.44. The normalized spacial score (nSPS) is 19.3. The van der Waals surface area contributed by atoms with Gasteiger partial charge >= 0.3 is 6.18 Å². The second kappa shape index (κ2) is 3.45. The highest BCUT2D eigenvalue weighted by Crippen LogP contribution is 2.44. The van der Waals surface area contributed by atoms with Gasteiger partial charge in [-0.15, -0.1) is 0 Å². The summed E-state index contributed by atoms with van der Waals surface area (Å²) < 4.78 is 50.9. The highest BCUT2D eigenvalue weighted by Gasteiger charge is 2.42. The van der Waals surface area contributed by atoms with E-state index in [2.05, 4.69) is 0 Å². The lowest BCUT2D eigenvalue weighted by atomic mass is 9.71. The van der Waals surface area contributed by atoms with E-state index in [1.165, 1.54) is 0 Å². The number of benzene rings is 1. The Kier molecular flexibility index (Phi) is 2.45. The van der Waals surface area contributed by atoms with Crippen LogP contribution in [0.5, 0.6) is 0 Å². The molecule has 0 unspecified atom stereocenters. The Balaban J connectivity index is 2.52. The molecule has 0 amide bonds. The molecule has 0 bridgehead atoms. The van der Waals surface area contributed by atoms with Gasteiger partial charge in [-0.3, -0.25) is 0 Å². The fourth-order valence-corrected chi connectivity index (χ4v) is 2.01. The zero-order chi connectivity index (χ0) is 12.0. The van der Waals surface area contributed by atoms with Crippen molar-refractivity contribution in [2.45, 2.75) is 31.0 Å². The van der Waals surface area contributed by atoms with Crippen LogP contribution < -0.4 is 5.73 Å². The number of alkyl halides is 3. The predicted octanol–water partition coefficient (Wildman–Crippen LogP) is 3.18. The third kappa shape index (κ3) is 1.80. The zero-order valence-corrected chi connectivity index (χ0v) is 8.44. The van der Waals surface area contributed by atoms with E-state index in [0.29, 0.717) is 18.9 Å². The first-order chi connectivity index (χ1) is 7.33. The average molecular weight is 233 g/mol. The fraction of sp³-hybridized carbons (Fsp3) is 0.455. The predicted molar refractivity (Wildman–Crippen MR) is 51.1 cm³/mol. The first kappa shape index (κ1) is 11.4. The maximum absolute atomic E-state index is 12.8. The third-order valence-corrected chi connectivity index (χ3v) is 3.07. The van der Waals surface area contributed by atoms with Gasteiger partial charge in [0.2, 0.25) is 0 Å². The topological polar surface area (TPSA) is 26.0 Å². The Labute approximate surface area is 90.3 Å². The van der Waals surface area contributed by atoms with Crippen molar-refractivity contribution < 1.29 is 17.6 Å². The summed E-state index contributed by atoms with van der Waals surface area (Å²) in [7, 11) is 0. The molecule has 0 aliphatic heterocycles. The van der Waals surface area contributed by atoms with Crippen molar-refractivity contribution in [1.82, 2.24) is 0 Å². The highest BCUT2D eigenvalue weighted by molar-refractivity contribution is 5.37. The van der Waals surface area contributed by atoms with Crippen molar-refractivity contribution >= 4 is 0 Å². The first-order valence-corrected chi connectivity index (χ1v) is 4.99. The van der Waals surface area contributed by atoms with Gasteiger partial charge in [-0.2, -0.15) is 13.2 Å². The van der Waals surface area contributed by atoms with E-state index in [4.69, 9.17) is 5.73 Å². The molecule has 0 aromatic heterocycles. The molecule has 5 heteroatoms. The molecule has 0 atom stereocenters. The minimum absolute atomic E-state index is 0.00708. The van der Waals surface area contributed by atoms with E-state index in [1.54, 1.807) is 0 Å². The second-order valence-electron chi connectivity index (χ2n) is 4.20. The molecule has 0 saturated heterocycles. The molecule has 1 aromatic rings. The van der Waals surface area contributed by atoms with Gasteiger partial charge in [0, 0.05) is 5.54 Å². The molecule has 1 nitrogen and oxygen atoms in total. The summed E-state index contributed by atoms with van der Waals surface area (Å²) in [6, 6.07) is 2.69. The Morgan fingerprint density at radius 2 is 1.81 bits per heavy atom. The summed E-state index contributed by atoms with van der Waals surface area (Å²) in [5, 5.41) is 0. The van der Waals surface area contributed by atoms with Gasteiger partial charge in [0.05, 0.1) is 5.56 Å².